The molecular weight excluding hydrogens is 244 g/mol. The maximum Gasteiger partial charge on any atom is 0.218 e. The fourth-order valence-corrected chi connectivity index (χ4v) is 1.85. The summed E-state index contributed by atoms with van der Waals surface area (Å²) in [5.74, 6) is 0.981. The van der Waals surface area contributed by atoms with Gasteiger partial charge in [0, 0.05) is 19.8 Å². The van der Waals surface area contributed by atoms with E-state index in [1.54, 1.807) is 13.2 Å². The van der Waals surface area contributed by atoms with E-state index in [-0.39, 0.29) is 6.10 Å². The lowest BCUT2D eigenvalue weighted by Gasteiger charge is -2.11. The molecule has 1 unspecified atom stereocenters. The molecule has 0 aliphatic carbocycles. The first kappa shape index (κ1) is 12.5. The summed E-state index contributed by atoms with van der Waals surface area (Å²) in [6, 6.07) is 1.59. The molecular formula is C11H15ClN2O3. The first-order valence-corrected chi connectivity index (χ1v) is 5.92. The molecule has 0 aromatic carbocycles. The van der Waals surface area contributed by atoms with Crippen molar-refractivity contribution in [3.05, 3.63) is 17.0 Å². The predicted octanol–water partition coefficient (Wildman–Crippen LogP) is 1.83. The lowest BCUT2D eigenvalue weighted by atomic mass is 10.2. The Labute approximate surface area is 105 Å². The van der Waals surface area contributed by atoms with E-state index in [0.717, 1.165) is 19.4 Å². The van der Waals surface area contributed by atoms with Crippen molar-refractivity contribution in [2.45, 2.75) is 25.6 Å². The van der Waals surface area contributed by atoms with Gasteiger partial charge in [-0.15, -0.1) is 0 Å². The molecule has 0 saturated carbocycles. The Bertz CT molecular complexity index is 370. The van der Waals surface area contributed by atoms with Crippen molar-refractivity contribution in [1.29, 1.82) is 0 Å². The van der Waals surface area contributed by atoms with Crippen LogP contribution in [0.25, 0.3) is 0 Å². The molecule has 94 valence electrons. The molecule has 0 spiro atoms. The molecule has 6 heteroatoms. The van der Waals surface area contributed by atoms with Crippen LogP contribution in [0.3, 0.4) is 0 Å². The van der Waals surface area contributed by atoms with Gasteiger partial charge in [0.2, 0.25) is 5.88 Å². The summed E-state index contributed by atoms with van der Waals surface area (Å²) in [7, 11) is 1.58. The van der Waals surface area contributed by atoms with E-state index >= 15 is 0 Å². The van der Waals surface area contributed by atoms with E-state index in [9.17, 15) is 0 Å². The van der Waals surface area contributed by atoms with Crippen molar-refractivity contribution in [3.8, 4) is 5.88 Å². The predicted molar refractivity (Wildman–Crippen MR) is 62.2 cm³/mol. The third-order valence-corrected chi connectivity index (χ3v) is 2.63. The fraction of sp³-hybridized carbons (Fsp3) is 0.636. The van der Waals surface area contributed by atoms with Crippen molar-refractivity contribution >= 4 is 11.6 Å². The van der Waals surface area contributed by atoms with Crippen LogP contribution in [0.15, 0.2) is 6.07 Å². The van der Waals surface area contributed by atoms with Crippen molar-refractivity contribution in [2.24, 2.45) is 0 Å². The van der Waals surface area contributed by atoms with Crippen LogP contribution in [0.5, 0.6) is 5.88 Å². The molecule has 2 rings (SSSR count). The largest absolute Gasteiger partial charge is 0.475 e. The summed E-state index contributed by atoms with van der Waals surface area (Å²) in [4.78, 5) is 8.21. The SMILES string of the molecule is COCc1nc(Cl)cc(OCC2CCCO2)n1. The van der Waals surface area contributed by atoms with E-state index in [1.807, 2.05) is 0 Å². The van der Waals surface area contributed by atoms with Gasteiger partial charge in [-0.25, -0.2) is 4.98 Å². The van der Waals surface area contributed by atoms with Crippen LogP contribution in [-0.2, 0) is 16.1 Å². The Morgan fingerprint density at radius 2 is 2.41 bits per heavy atom. The van der Waals surface area contributed by atoms with Crippen molar-refractivity contribution < 1.29 is 14.2 Å². The summed E-state index contributed by atoms with van der Waals surface area (Å²) in [5, 5.41) is 0.356. The number of nitrogens with zero attached hydrogens (tertiary/aromatic N) is 2. The average Bonchev–Trinajstić information content (AvgIpc) is 2.79. The highest BCUT2D eigenvalue weighted by molar-refractivity contribution is 6.29. The van der Waals surface area contributed by atoms with Crippen LogP contribution < -0.4 is 4.74 Å². The van der Waals surface area contributed by atoms with Crippen molar-refractivity contribution in [2.75, 3.05) is 20.3 Å². The highest BCUT2D eigenvalue weighted by atomic mass is 35.5. The van der Waals surface area contributed by atoms with Gasteiger partial charge in [-0.2, -0.15) is 4.98 Å². The number of aromatic nitrogens is 2. The number of halogens is 1. The minimum Gasteiger partial charge on any atom is -0.475 e. The van der Waals surface area contributed by atoms with Gasteiger partial charge in [-0.05, 0) is 12.8 Å². The van der Waals surface area contributed by atoms with E-state index < -0.39 is 0 Å². The molecule has 1 aromatic rings. The van der Waals surface area contributed by atoms with Crippen LogP contribution in [0, 0.1) is 0 Å². The number of methoxy groups -OCH3 is 1. The molecule has 1 aromatic heterocycles. The third-order valence-electron chi connectivity index (χ3n) is 2.43. The lowest BCUT2D eigenvalue weighted by molar-refractivity contribution is 0.0659. The summed E-state index contributed by atoms with van der Waals surface area (Å²) in [5.41, 5.74) is 0. The summed E-state index contributed by atoms with van der Waals surface area (Å²) < 4.78 is 16.0. The average molecular weight is 259 g/mol. The van der Waals surface area contributed by atoms with Gasteiger partial charge in [0.1, 0.15) is 18.4 Å². The quantitative estimate of drug-likeness (QED) is 0.755. The number of rotatable bonds is 5. The summed E-state index contributed by atoms with van der Waals surface area (Å²) >= 11 is 5.86. The first-order chi connectivity index (χ1) is 8.28. The lowest BCUT2D eigenvalue weighted by Crippen LogP contribution is -2.17. The zero-order valence-electron chi connectivity index (χ0n) is 9.69. The minimum absolute atomic E-state index is 0.162. The van der Waals surface area contributed by atoms with E-state index in [0.29, 0.717) is 30.1 Å². The molecule has 1 aliphatic rings. The second-order valence-electron chi connectivity index (χ2n) is 3.82. The zero-order valence-corrected chi connectivity index (χ0v) is 10.4. The molecule has 0 amide bonds. The van der Waals surface area contributed by atoms with Crippen molar-refractivity contribution in [1.82, 2.24) is 9.97 Å². The Morgan fingerprint density at radius 3 is 3.12 bits per heavy atom. The van der Waals surface area contributed by atoms with E-state index in [4.69, 9.17) is 25.8 Å². The van der Waals surface area contributed by atoms with Gasteiger partial charge in [0.15, 0.2) is 5.82 Å². The maximum absolute atomic E-state index is 5.86. The van der Waals surface area contributed by atoms with Crippen molar-refractivity contribution in [3.63, 3.8) is 0 Å². The van der Waals surface area contributed by atoms with Crippen LogP contribution >= 0.6 is 11.6 Å². The molecule has 0 radical (unpaired) electrons. The molecule has 17 heavy (non-hydrogen) atoms. The monoisotopic (exact) mass is 258 g/mol. The molecule has 0 N–H and O–H groups in total. The van der Waals surface area contributed by atoms with Gasteiger partial charge in [0.25, 0.3) is 0 Å². The van der Waals surface area contributed by atoms with Gasteiger partial charge < -0.3 is 14.2 Å². The van der Waals surface area contributed by atoms with Crippen LogP contribution in [0.4, 0.5) is 0 Å². The zero-order chi connectivity index (χ0) is 12.1. The fourth-order valence-electron chi connectivity index (χ4n) is 1.66. The topological polar surface area (TPSA) is 53.5 Å². The standard InChI is InChI=1S/C11H15ClN2O3/c1-15-7-10-13-9(12)5-11(14-10)17-6-8-3-2-4-16-8/h5,8H,2-4,6-7H2,1H3. The normalized spacial score (nSPS) is 19.5. The maximum atomic E-state index is 5.86. The number of hydrogen-bond acceptors (Lipinski definition) is 5. The Hall–Kier alpha value is -0.910. The van der Waals surface area contributed by atoms with E-state index in [2.05, 4.69) is 9.97 Å². The first-order valence-electron chi connectivity index (χ1n) is 5.54. The van der Waals surface area contributed by atoms with Gasteiger partial charge in [0.05, 0.1) is 6.10 Å². The molecule has 1 atom stereocenters. The van der Waals surface area contributed by atoms with Gasteiger partial charge in [-0.3, -0.25) is 0 Å². The third kappa shape index (κ3) is 3.80. The van der Waals surface area contributed by atoms with Gasteiger partial charge >= 0.3 is 0 Å². The Morgan fingerprint density at radius 1 is 1.53 bits per heavy atom. The minimum atomic E-state index is 0.162. The second-order valence-corrected chi connectivity index (χ2v) is 4.21. The second kappa shape index (κ2) is 6.14. The van der Waals surface area contributed by atoms with Crippen LogP contribution in [0.2, 0.25) is 5.15 Å². The molecule has 1 saturated heterocycles. The summed E-state index contributed by atoms with van der Waals surface area (Å²) in [6.07, 6.45) is 2.28. The smallest absolute Gasteiger partial charge is 0.218 e. The Kier molecular flexibility index (Phi) is 4.53. The number of ether oxygens (including phenoxy) is 3. The van der Waals surface area contributed by atoms with E-state index in [1.165, 1.54) is 0 Å². The Balaban J connectivity index is 1.94. The molecule has 1 aliphatic heterocycles. The van der Waals surface area contributed by atoms with Crippen LogP contribution in [-0.4, -0.2) is 36.4 Å². The van der Waals surface area contributed by atoms with Gasteiger partial charge in [-0.1, -0.05) is 11.6 Å². The molecule has 1 fully saturated rings. The summed E-state index contributed by atoms with van der Waals surface area (Å²) in [6.45, 7) is 1.63. The molecule has 2 heterocycles. The number of hydrogen-bond donors (Lipinski definition) is 0. The van der Waals surface area contributed by atoms with Crippen LogP contribution in [0.1, 0.15) is 18.7 Å². The highest BCUT2D eigenvalue weighted by Crippen LogP contribution is 2.17. The molecule has 0 bridgehead atoms. The highest BCUT2D eigenvalue weighted by Gasteiger charge is 2.16. The molecule has 5 nitrogen and oxygen atoms in total.